The highest BCUT2D eigenvalue weighted by Gasteiger charge is 2.59. The summed E-state index contributed by atoms with van der Waals surface area (Å²) in [5.74, 6) is 4.97. The van der Waals surface area contributed by atoms with Crippen LogP contribution < -0.4 is 5.32 Å². The van der Waals surface area contributed by atoms with Crippen LogP contribution >= 0.6 is 0 Å². The summed E-state index contributed by atoms with van der Waals surface area (Å²) in [7, 11) is 0. The summed E-state index contributed by atoms with van der Waals surface area (Å²) in [4.78, 5) is 12.2. The number of fused-ring (bicyclic) bond motifs is 6. The van der Waals surface area contributed by atoms with E-state index in [2.05, 4.69) is 33.0 Å². The lowest BCUT2D eigenvalue weighted by molar-refractivity contribution is -0.129. The van der Waals surface area contributed by atoms with Crippen molar-refractivity contribution >= 4 is 5.78 Å². The highest BCUT2D eigenvalue weighted by Crippen LogP contribution is 2.65. The molecule has 0 aromatic carbocycles. The number of allylic oxidation sites excluding steroid dienone is 1. The third kappa shape index (κ3) is 3.01. The van der Waals surface area contributed by atoms with Crippen LogP contribution in [0, 0.1) is 40.9 Å². The van der Waals surface area contributed by atoms with Gasteiger partial charge >= 0.3 is 0 Å². The molecule has 0 radical (unpaired) electrons. The number of piperidine rings is 1. The Balaban J connectivity index is 1.28. The first-order valence-corrected chi connectivity index (χ1v) is 13.4. The van der Waals surface area contributed by atoms with E-state index in [1.165, 1.54) is 38.5 Å². The van der Waals surface area contributed by atoms with E-state index in [-0.39, 0.29) is 5.60 Å². The van der Waals surface area contributed by atoms with Gasteiger partial charge in [-0.05, 0) is 99.8 Å². The minimum Gasteiger partial charge on any atom is -0.369 e. The number of Topliss-reactive ketones (excluding diaryl/α,β-unsaturated/α-hetero) is 1. The highest BCUT2D eigenvalue weighted by atomic mass is 16.5. The smallest absolute Gasteiger partial charge is 0.133 e. The van der Waals surface area contributed by atoms with Crippen molar-refractivity contribution in [3.8, 4) is 0 Å². The van der Waals surface area contributed by atoms with Gasteiger partial charge in [0.05, 0.1) is 11.7 Å². The Morgan fingerprint density at radius 3 is 2.77 bits per heavy atom. The van der Waals surface area contributed by atoms with E-state index in [0.717, 1.165) is 55.9 Å². The molecule has 2 heterocycles. The van der Waals surface area contributed by atoms with E-state index in [9.17, 15) is 4.79 Å². The number of ketones is 1. The van der Waals surface area contributed by atoms with Crippen molar-refractivity contribution in [2.75, 3.05) is 6.54 Å². The van der Waals surface area contributed by atoms with Gasteiger partial charge in [0.25, 0.3) is 0 Å². The van der Waals surface area contributed by atoms with Crippen molar-refractivity contribution in [1.29, 1.82) is 0 Å². The monoisotopic (exact) mass is 425 g/mol. The van der Waals surface area contributed by atoms with Crippen molar-refractivity contribution in [1.82, 2.24) is 5.32 Å². The fourth-order valence-corrected chi connectivity index (χ4v) is 9.61. The standard InChI is InChI=1S/C28H43NO2/c1-16-11-25-26(29-15-16)18(3)28(31-25)10-8-21-22-6-5-19-12-20(30)7-9-27(19,4)24(22)13-23(21)17(2)14-28/h16,18-19,21-22,24-26,29H,5-15H2,1-4H3/t16-,18+,19+,21-,22?,24-,25+,26?,27-,28-/m0/s1. The van der Waals surface area contributed by atoms with Gasteiger partial charge in [-0.1, -0.05) is 31.9 Å². The minimum absolute atomic E-state index is 0.0572. The van der Waals surface area contributed by atoms with Crippen LogP contribution in [0.25, 0.3) is 0 Å². The molecule has 0 aromatic rings. The molecule has 2 unspecified atom stereocenters. The first-order valence-electron chi connectivity index (χ1n) is 13.4. The average Bonchev–Trinajstić information content (AvgIpc) is 3.19. The Kier molecular flexibility index (Phi) is 4.83. The van der Waals surface area contributed by atoms with Crippen molar-refractivity contribution in [2.45, 2.75) is 110 Å². The molecule has 2 aliphatic heterocycles. The predicted molar refractivity (Wildman–Crippen MR) is 124 cm³/mol. The third-order valence-corrected chi connectivity index (χ3v) is 11.4. The van der Waals surface area contributed by atoms with Gasteiger partial charge in [-0.2, -0.15) is 0 Å². The van der Waals surface area contributed by atoms with E-state index in [1.54, 1.807) is 5.57 Å². The second-order valence-electron chi connectivity index (χ2n) is 12.9. The second kappa shape index (κ2) is 7.16. The highest BCUT2D eigenvalue weighted by molar-refractivity contribution is 5.79. The fraction of sp³-hybridized carbons (Fsp3) is 0.893. The zero-order chi connectivity index (χ0) is 21.5. The van der Waals surface area contributed by atoms with Gasteiger partial charge < -0.3 is 10.1 Å². The van der Waals surface area contributed by atoms with Crippen LogP contribution in [0.5, 0.6) is 0 Å². The van der Waals surface area contributed by atoms with E-state index < -0.39 is 0 Å². The molecule has 31 heavy (non-hydrogen) atoms. The molecular weight excluding hydrogens is 382 g/mol. The normalized spacial score (nSPS) is 54.3. The molecule has 0 bridgehead atoms. The van der Waals surface area contributed by atoms with Gasteiger partial charge in [-0.15, -0.1) is 0 Å². The van der Waals surface area contributed by atoms with Crippen LogP contribution in [-0.4, -0.2) is 30.1 Å². The molecule has 6 aliphatic rings. The van der Waals surface area contributed by atoms with Gasteiger partial charge in [-0.25, -0.2) is 0 Å². The number of rotatable bonds is 0. The molecule has 6 rings (SSSR count). The maximum absolute atomic E-state index is 12.2. The van der Waals surface area contributed by atoms with E-state index in [0.29, 0.717) is 35.2 Å². The molecular formula is C28H43NO2. The van der Waals surface area contributed by atoms with Crippen molar-refractivity contribution in [3.05, 3.63) is 11.1 Å². The Morgan fingerprint density at radius 2 is 1.94 bits per heavy atom. The fourth-order valence-electron chi connectivity index (χ4n) is 9.61. The predicted octanol–water partition coefficient (Wildman–Crippen LogP) is 5.68. The number of carbonyl (C=O) groups is 1. The molecule has 0 aromatic heterocycles. The zero-order valence-electron chi connectivity index (χ0n) is 20.2. The van der Waals surface area contributed by atoms with Gasteiger partial charge in [0.1, 0.15) is 5.78 Å². The van der Waals surface area contributed by atoms with Crippen LogP contribution in [0.2, 0.25) is 0 Å². The quantitative estimate of drug-likeness (QED) is 0.507. The Labute approximate surface area is 189 Å². The summed E-state index contributed by atoms with van der Waals surface area (Å²) < 4.78 is 7.01. The lowest BCUT2D eigenvalue weighted by Gasteiger charge is -2.52. The molecule has 4 aliphatic carbocycles. The molecule has 3 heteroatoms. The van der Waals surface area contributed by atoms with Crippen molar-refractivity contribution < 1.29 is 9.53 Å². The first kappa shape index (κ1) is 20.9. The summed E-state index contributed by atoms with van der Waals surface area (Å²) in [5, 5.41) is 3.85. The number of ether oxygens (including phenoxy) is 1. The van der Waals surface area contributed by atoms with Crippen LogP contribution in [-0.2, 0) is 9.53 Å². The van der Waals surface area contributed by atoms with Gasteiger partial charge in [0.2, 0.25) is 0 Å². The summed E-state index contributed by atoms with van der Waals surface area (Å²) in [6, 6.07) is 0.550. The van der Waals surface area contributed by atoms with E-state index in [4.69, 9.17) is 4.74 Å². The summed E-state index contributed by atoms with van der Waals surface area (Å²) >= 11 is 0. The number of nitrogens with one attached hydrogen (secondary N) is 1. The van der Waals surface area contributed by atoms with E-state index >= 15 is 0 Å². The molecule has 5 fully saturated rings. The number of hydrogen-bond donors (Lipinski definition) is 1. The zero-order valence-corrected chi connectivity index (χ0v) is 20.2. The molecule has 10 atom stereocenters. The summed E-state index contributed by atoms with van der Waals surface area (Å²) in [6.45, 7) is 11.0. The van der Waals surface area contributed by atoms with Gasteiger partial charge in [0.15, 0.2) is 0 Å². The lowest BCUT2D eigenvalue weighted by Crippen LogP contribution is -2.48. The SMILES string of the molecule is CC1=C2C[C@H]3C(CC[C@@H]4CC(=O)CC[C@@]43C)[C@@H]2CC[C@@]2(C1)O[C@@H]1C[C@H](C)CNC1[C@H]2C. The molecule has 1 N–H and O–H groups in total. The topological polar surface area (TPSA) is 38.3 Å². The number of hydrogen-bond acceptors (Lipinski definition) is 3. The van der Waals surface area contributed by atoms with Gasteiger partial charge in [0, 0.05) is 24.8 Å². The van der Waals surface area contributed by atoms with Crippen LogP contribution in [0.3, 0.4) is 0 Å². The van der Waals surface area contributed by atoms with Gasteiger partial charge in [-0.3, -0.25) is 4.79 Å². The number of carbonyl (C=O) groups excluding carboxylic acids is 1. The average molecular weight is 426 g/mol. The lowest BCUT2D eigenvalue weighted by atomic mass is 9.52. The summed E-state index contributed by atoms with van der Waals surface area (Å²) in [6.07, 6.45) is 12.2. The Bertz CT molecular complexity index is 803. The largest absolute Gasteiger partial charge is 0.369 e. The molecule has 3 nitrogen and oxygen atoms in total. The molecule has 172 valence electrons. The van der Waals surface area contributed by atoms with Crippen LogP contribution in [0.15, 0.2) is 11.1 Å². The third-order valence-electron chi connectivity index (χ3n) is 11.4. The van der Waals surface area contributed by atoms with E-state index in [1.807, 2.05) is 5.57 Å². The molecule has 1 spiro atoms. The Hall–Kier alpha value is -0.670. The van der Waals surface area contributed by atoms with Crippen LogP contribution in [0.1, 0.15) is 91.9 Å². The summed E-state index contributed by atoms with van der Waals surface area (Å²) in [5.41, 5.74) is 3.95. The minimum atomic E-state index is 0.0572. The molecule has 2 saturated heterocycles. The van der Waals surface area contributed by atoms with Crippen LogP contribution in [0.4, 0.5) is 0 Å². The Morgan fingerprint density at radius 1 is 1.10 bits per heavy atom. The van der Waals surface area contributed by atoms with Crippen molar-refractivity contribution in [3.63, 3.8) is 0 Å². The first-order chi connectivity index (χ1) is 14.8. The maximum atomic E-state index is 12.2. The molecule has 3 saturated carbocycles. The molecule has 0 amide bonds. The van der Waals surface area contributed by atoms with Crippen molar-refractivity contribution in [2.24, 2.45) is 40.9 Å². The second-order valence-corrected chi connectivity index (χ2v) is 12.9. The maximum Gasteiger partial charge on any atom is 0.133 e.